The molecular weight excluding hydrogens is 287 g/mol. The van der Waals surface area contributed by atoms with E-state index in [1.165, 1.54) is 19.1 Å². The van der Waals surface area contributed by atoms with Gasteiger partial charge in [0.15, 0.2) is 0 Å². The molecule has 1 aromatic heterocycles. The molecule has 0 N–H and O–H groups in total. The van der Waals surface area contributed by atoms with Gasteiger partial charge >= 0.3 is 12.1 Å². The van der Waals surface area contributed by atoms with Crippen LogP contribution in [0, 0.1) is 6.92 Å². The van der Waals surface area contributed by atoms with Gasteiger partial charge in [0.2, 0.25) is 0 Å². The largest absolute Gasteiger partial charge is 0.462 e. The van der Waals surface area contributed by atoms with Gasteiger partial charge in [0.1, 0.15) is 17.0 Å². The molecule has 1 heterocycles. The van der Waals surface area contributed by atoms with Crippen molar-refractivity contribution < 1.29 is 27.2 Å². The summed E-state index contributed by atoms with van der Waals surface area (Å²) in [6.07, 6.45) is -4.41. The number of aromatic nitrogens is 1. The van der Waals surface area contributed by atoms with E-state index in [0.29, 0.717) is 5.56 Å². The van der Waals surface area contributed by atoms with Gasteiger partial charge in [-0.1, -0.05) is 17.3 Å². The van der Waals surface area contributed by atoms with Crippen molar-refractivity contribution in [1.29, 1.82) is 0 Å². The Morgan fingerprint density at radius 2 is 1.90 bits per heavy atom. The molecule has 0 atom stereocenters. The van der Waals surface area contributed by atoms with E-state index < -0.39 is 17.7 Å². The van der Waals surface area contributed by atoms with Crippen LogP contribution in [-0.2, 0) is 10.9 Å². The second-order valence-electron chi connectivity index (χ2n) is 4.26. The van der Waals surface area contributed by atoms with Gasteiger partial charge in [0, 0.05) is 5.56 Å². The van der Waals surface area contributed by atoms with Gasteiger partial charge in [-0.25, -0.2) is 4.79 Å². The van der Waals surface area contributed by atoms with Crippen LogP contribution in [0.2, 0.25) is 0 Å². The lowest BCUT2D eigenvalue weighted by Crippen LogP contribution is -2.07. The molecule has 0 aliphatic rings. The van der Waals surface area contributed by atoms with E-state index in [1.54, 1.807) is 6.92 Å². The van der Waals surface area contributed by atoms with Gasteiger partial charge in [-0.2, -0.15) is 13.2 Å². The van der Waals surface area contributed by atoms with E-state index in [2.05, 4.69) is 5.16 Å². The predicted molar refractivity (Wildman–Crippen MR) is 67.6 cm³/mol. The summed E-state index contributed by atoms with van der Waals surface area (Å²) < 4.78 is 47.4. The standard InChI is InChI=1S/C14H12F3NO3/c1-3-20-13(19)11-8(2)21-18-12(11)9-4-6-10(7-5-9)14(15,16)17/h4-7H,3H2,1-2H3. The third-order valence-corrected chi connectivity index (χ3v) is 2.83. The second-order valence-corrected chi connectivity index (χ2v) is 4.26. The maximum absolute atomic E-state index is 12.5. The molecule has 7 heteroatoms. The number of hydrogen-bond acceptors (Lipinski definition) is 4. The molecule has 0 saturated carbocycles. The van der Waals surface area contributed by atoms with Crippen LogP contribution in [0.4, 0.5) is 13.2 Å². The normalized spacial score (nSPS) is 11.5. The Balaban J connectivity index is 2.41. The minimum atomic E-state index is -4.41. The molecule has 0 aliphatic heterocycles. The fourth-order valence-electron chi connectivity index (χ4n) is 1.83. The minimum absolute atomic E-state index is 0.122. The number of nitrogens with zero attached hydrogens (tertiary/aromatic N) is 1. The molecule has 0 bridgehead atoms. The van der Waals surface area contributed by atoms with E-state index in [4.69, 9.17) is 9.26 Å². The van der Waals surface area contributed by atoms with Crippen molar-refractivity contribution in [3.63, 3.8) is 0 Å². The zero-order valence-electron chi connectivity index (χ0n) is 11.3. The maximum Gasteiger partial charge on any atom is 0.416 e. The summed E-state index contributed by atoms with van der Waals surface area (Å²) in [5.74, 6) is -0.366. The van der Waals surface area contributed by atoms with Crippen molar-refractivity contribution in [3.05, 3.63) is 41.2 Å². The van der Waals surface area contributed by atoms with Crippen LogP contribution >= 0.6 is 0 Å². The summed E-state index contributed by atoms with van der Waals surface area (Å²) >= 11 is 0. The Hall–Kier alpha value is -2.31. The van der Waals surface area contributed by atoms with E-state index in [0.717, 1.165) is 12.1 Å². The molecule has 0 saturated heterocycles. The average Bonchev–Trinajstić information content (AvgIpc) is 2.80. The third-order valence-electron chi connectivity index (χ3n) is 2.83. The van der Waals surface area contributed by atoms with Crippen molar-refractivity contribution in [1.82, 2.24) is 5.16 Å². The van der Waals surface area contributed by atoms with E-state index in [9.17, 15) is 18.0 Å². The first-order valence-corrected chi connectivity index (χ1v) is 6.15. The van der Waals surface area contributed by atoms with Crippen LogP contribution in [-0.4, -0.2) is 17.7 Å². The van der Waals surface area contributed by atoms with Crippen molar-refractivity contribution in [3.8, 4) is 11.3 Å². The molecule has 1 aromatic carbocycles. The monoisotopic (exact) mass is 299 g/mol. The minimum Gasteiger partial charge on any atom is -0.462 e. The number of halogens is 3. The van der Waals surface area contributed by atoms with Crippen LogP contribution in [0.1, 0.15) is 28.6 Å². The lowest BCUT2D eigenvalue weighted by Gasteiger charge is -2.07. The Labute approximate surface area is 118 Å². The first kappa shape index (κ1) is 15.1. The van der Waals surface area contributed by atoms with Gasteiger partial charge in [0.05, 0.1) is 12.2 Å². The number of hydrogen-bond donors (Lipinski definition) is 0. The fourth-order valence-corrected chi connectivity index (χ4v) is 1.83. The average molecular weight is 299 g/mol. The molecule has 4 nitrogen and oxygen atoms in total. The highest BCUT2D eigenvalue weighted by Gasteiger charge is 2.30. The van der Waals surface area contributed by atoms with Gasteiger partial charge in [0.25, 0.3) is 0 Å². The quantitative estimate of drug-likeness (QED) is 0.808. The van der Waals surface area contributed by atoms with Crippen LogP contribution in [0.25, 0.3) is 11.3 Å². The summed E-state index contributed by atoms with van der Waals surface area (Å²) in [6.45, 7) is 3.36. The number of rotatable bonds is 3. The van der Waals surface area contributed by atoms with Crippen molar-refractivity contribution in [2.75, 3.05) is 6.61 Å². The van der Waals surface area contributed by atoms with Crippen molar-refractivity contribution in [2.45, 2.75) is 20.0 Å². The van der Waals surface area contributed by atoms with Gasteiger partial charge < -0.3 is 9.26 Å². The zero-order chi connectivity index (χ0) is 15.6. The number of benzene rings is 1. The molecule has 112 valence electrons. The van der Waals surface area contributed by atoms with Crippen LogP contribution in [0.15, 0.2) is 28.8 Å². The molecule has 0 radical (unpaired) electrons. The molecule has 2 aromatic rings. The maximum atomic E-state index is 12.5. The fraction of sp³-hybridized carbons (Fsp3) is 0.286. The lowest BCUT2D eigenvalue weighted by molar-refractivity contribution is -0.137. The zero-order valence-corrected chi connectivity index (χ0v) is 11.3. The van der Waals surface area contributed by atoms with Crippen LogP contribution < -0.4 is 0 Å². The molecule has 0 aliphatic carbocycles. The second kappa shape index (κ2) is 5.59. The van der Waals surface area contributed by atoms with Crippen LogP contribution in [0.3, 0.4) is 0 Å². The van der Waals surface area contributed by atoms with Gasteiger partial charge in [-0.3, -0.25) is 0 Å². The number of esters is 1. The number of aryl methyl sites for hydroxylation is 1. The molecule has 0 fully saturated rings. The highest BCUT2D eigenvalue weighted by atomic mass is 19.4. The highest BCUT2D eigenvalue weighted by molar-refractivity contribution is 5.97. The number of alkyl halides is 3. The number of ether oxygens (including phenoxy) is 1. The van der Waals surface area contributed by atoms with Gasteiger partial charge in [-0.15, -0.1) is 0 Å². The van der Waals surface area contributed by atoms with E-state index in [1.807, 2.05) is 0 Å². The Morgan fingerprint density at radius 3 is 2.43 bits per heavy atom. The first-order chi connectivity index (χ1) is 9.84. The van der Waals surface area contributed by atoms with Gasteiger partial charge in [-0.05, 0) is 26.0 Å². The summed E-state index contributed by atoms with van der Waals surface area (Å²) in [4.78, 5) is 11.8. The number of carbonyl (C=O) groups is 1. The molecule has 2 rings (SSSR count). The summed E-state index contributed by atoms with van der Waals surface area (Å²) in [6, 6.07) is 4.33. The highest BCUT2D eigenvalue weighted by Crippen LogP contribution is 2.32. The van der Waals surface area contributed by atoms with Crippen LogP contribution in [0.5, 0.6) is 0 Å². The smallest absolute Gasteiger partial charge is 0.416 e. The van der Waals surface area contributed by atoms with Crippen molar-refractivity contribution in [2.24, 2.45) is 0 Å². The molecule has 0 unspecified atom stereocenters. The predicted octanol–water partition coefficient (Wildman–Crippen LogP) is 3.85. The summed E-state index contributed by atoms with van der Waals surface area (Å²) in [7, 11) is 0. The third kappa shape index (κ3) is 3.07. The summed E-state index contributed by atoms with van der Waals surface area (Å²) in [5, 5.41) is 3.72. The van der Waals surface area contributed by atoms with E-state index in [-0.39, 0.29) is 23.6 Å². The van der Waals surface area contributed by atoms with Crippen molar-refractivity contribution >= 4 is 5.97 Å². The summed E-state index contributed by atoms with van der Waals surface area (Å²) in [5.41, 5.74) is -0.136. The molecular formula is C14H12F3NO3. The Kier molecular flexibility index (Phi) is 4.02. The number of carbonyl (C=O) groups excluding carboxylic acids is 1. The molecule has 0 amide bonds. The van der Waals surface area contributed by atoms with E-state index >= 15 is 0 Å². The Morgan fingerprint density at radius 1 is 1.29 bits per heavy atom. The lowest BCUT2D eigenvalue weighted by atomic mass is 10.0. The SMILES string of the molecule is CCOC(=O)c1c(-c2ccc(C(F)(F)F)cc2)noc1C. The Bertz CT molecular complexity index is 644. The molecule has 21 heavy (non-hydrogen) atoms. The molecule has 0 spiro atoms. The first-order valence-electron chi connectivity index (χ1n) is 6.15. The topological polar surface area (TPSA) is 52.3 Å².